The van der Waals surface area contributed by atoms with E-state index in [1.54, 1.807) is 0 Å². The average molecular weight is 354 g/mol. The smallest absolute Gasteiger partial charge is 0.229 e. The summed E-state index contributed by atoms with van der Waals surface area (Å²) in [4.78, 5) is 30.3. The number of carbonyl (C=O) groups is 2. The highest BCUT2D eigenvalue weighted by molar-refractivity contribution is 7.17. The molecule has 4 rings (SSSR count). The topological polar surface area (TPSA) is 59.1 Å². The fourth-order valence-electron chi connectivity index (χ4n) is 3.92. The molecule has 1 amide bonds. The Kier molecular flexibility index (Phi) is 4.66. The van der Waals surface area contributed by atoms with E-state index in [4.69, 9.17) is 0 Å². The largest absolute Gasteiger partial charge is 0.302 e. The van der Waals surface area contributed by atoms with Crippen LogP contribution < -0.4 is 5.32 Å². The molecule has 1 aromatic heterocycles. The standard InChI is InChI=1S/C20H22N2O2S/c23-17-12-15(13-7-3-1-4-8-13)11-16-18(17)25-20(21-16)22-19(24)14-9-5-2-6-10-14/h1,3-4,7-8,14-15H,2,5-6,9-12H2,(H,21,22,24). The number of ketones is 1. The lowest BCUT2D eigenvalue weighted by Crippen LogP contribution is -2.24. The van der Waals surface area contributed by atoms with Gasteiger partial charge in [-0.05, 0) is 30.7 Å². The molecule has 1 unspecified atom stereocenters. The van der Waals surface area contributed by atoms with Crippen LogP contribution in [0.15, 0.2) is 30.3 Å². The van der Waals surface area contributed by atoms with E-state index in [0.29, 0.717) is 11.6 Å². The van der Waals surface area contributed by atoms with Gasteiger partial charge in [0.15, 0.2) is 10.9 Å². The van der Waals surface area contributed by atoms with Crippen LogP contribution in [0.5, 0.6) is 0 Å². The van der Waals surface area contributed by atoms with E-state index in [1.807, 2.05) is 18.2 Å². The third-order valence-electron chi connectivity index (χ3n) is 5.30. The highest BCUT2D eigenvalue weighted by Crippen LogP contribution is 2.37. The lowest BCUT2D eigenvalue weighted by atomic mass is 9.85. The van der Waals surface area contributed by atoms with Crippen molar-refractivity contribution >= 4 is 28.2 Å². The number of aromatic nitrogens is 1. The third-order valence-corrected chi connectivity index (χ3v) is 6.35. The number of benzene rings is 1. The highest BCUT2D eigenvalue weighted by atomic mass is 32.1. The van der Waals surface area contributed by atoms with Crippen molar-refractivity contribution in [1.82, 2.24) is 4.98 Å². The van der Waals surface area contributed by atoms with Crippen LogP contribution in [0, 0.1) is 5.92 Å². The summed E-state index contributed by atoms with van der Waals surface area (Å²) in [6.07, 6.45) is 6.70. The van der Waals surface area contributed by atoms with Crippen molar-refractivity contribution in [2.75, 3.05) is 5.32 Å². The molecule has 130 valence electrons. The Morgan fingerprint density at radius 2 is 1.84 bits per heavy atom. The van der Waals surface area contributed by atoms with E-state index in [9.17, 15) is 9.59 Å². The summed E-state index contributed by atoms with van der Waals surface area (Å²) in [6.45, 7) is 0. The van der Waals surface area contributed by atoms with Gasteiger partial charge in [0.05, 0.1) is 10.6 Å². The van der Waals surface area contributed by atoms with Gasteiger partial charge < -0.3 is 5.32 Å². The molecule has 0 saturated heterocycles. The zero-order valence-electron chi connectivity index (χ0n) is 14.2. The van der Waals surface area contributed by atoms with Crippen LogP contribution in [-0.4, -0.2) is 16.7 Å². The predicted octanol–water partition coefficient (Wildman–Crippen LogP) is 4.57. The second-order valence-electron chi connectivity index (χ2n) is 7.06. The zero-order valence-corrected chi connectivity index (χ0v) is 15.0. The van der Waals surface area contributed by atoms with E-state index in [1.165, 1.54) is 23.3 Å². The quantitative estimate of drug-likeness (QED) is 0.878. The Balaban J connectivity index is 1.49. The van der Waals surface area contributed by atoms with Gasteiger partial charge in [0.1, 0.15) is 0 Å². The average Bonchev–Trinajstić information content (AvgIpc) is 3.06. The van der Waals surface area contributed by atoms with Crippen LogP contribution in [0.2, 0.25) is 0 Å². The van der Waals surface area contributed by atoms with Crippen molar-refractivity contribution in [3.8, 4) is 0 Å². The second kappa shape index (κ2) is 7.08. The number of hydrogen-bond acceptors (Lipinski definition) is 4. The van der Waals surface area contributed by atoms with E-state index in [0.717, 1.165) is 42.7 Å². The summed E-state index contributed by atoms with van der Waals surface area (Å²) >= 11 is 1.34. The molecule has 0 aliphatic heterocycles. The molecule has 1 fully saturated rings. The molecule has 1 N–H and O–H groups in total. The van der Waals surface area contributed by atoms with Crippen molar-refractivity contribution in [2.45, 2.75) is 50.9 Å². The van der Waals surface area contributed by atoms with Gasteiger partial charge >= 0.3 is 0 Å². The number of amides is 1. The number of fused-ring (bicyclic) bond motifs is 1. The first-order valence-electron chi connectivity index (χ1n) is 9.09. The highest BCUT2D eigenvalue weighted by Gasteiger charge is 2.30. The van der Waals surface area contributed by atoms with Crippen molar-refractivity contribution < 1.29 is 9.59 Å². The summed E-state index contributed by atoms with van der Waals surface area (Å²) < 4.78 is 0. The van der Waals surface area contributed by atoms with Gasteiger partial charge in [-0.1, -0.05) is 60.9 Å². The molecule has 5 heteroatoms. The maximum absolute atomic E-state index is 12.5. The zero-order chi connectivity index (χ0) is 17.2. The molecule has 0 bridgehead atoms. The minimum absolute atomic E-state index is 0.0675. The van der Waals surface area contributed by atoms with Crippen LogP contribution >= 0.6 is 11.3 Å². The van der Waals surface area contributed by atoms with Gasteiger partial charge in [-0.2, -0.15) is 0 Å². The van der Waals surface area contributed by atoms with Crippen molar-refractivity contribution in [3.05, 3.63) is 46.5 Å². The number of nitrogens with zero attached hydrogens (tertiary/aromatic N) is 1. The van der Waals surface area contributed by atoms with Crippen LogP contribution in [0.1, 0.15) is 65.4 Å². The molecule has 1 atom stereocenters. The summed E-state index contributed by atoms with van der Waals surface area (Å²) in [5.41, 5.74) is 2.02. The SMILES string of the molecule is O=C1CC(c2ccccc2)Cc2nc(NC(=O)C3CCCCC3)sc21. The van der Waals surface area contributed by atoms with E-state index >= 15 is 0 Å². The summed E-state index contributed by atoms with van der Waals surface area (Å²) in [6, 6.07) is 10.1. The number of thiazole rings is 1. The molecule has 1 heterocycles. The number of nitrogens with one attached hydrogen (secondary N) is 1. The molecule has 0 spiro atoms. The minimum atomic E-state index is 0.0675. The first-order valence-corrected chi connectivity index (χ1v) is 9.91. The Bertz CT molecular complexity index is 778. The fourth-order valence-corrected chi connectivity index (χ4v) is 4.86. The van der Waals surface area contributed by atoms with Gasteiger partial charge in [0.25, 0.3) is 0 Å². The normalized spacial score (nSPS) is 21.0. The van der Waals surface area contributed by atoms with Crippen molar-refractivity contribution in [1.29, 1.82) is 0 Å². The predicted molar refractivity (Wildman–Crippen MR) is 99.2 cm³/mol. The first kappa shape index (κ1) is 16.5. The maximum Gasteiger partial charge on any atom is 0.229 e. The van der Waals surface area contributed by atoms with E-state index < -0.39 is 0 Å². The van der Waals surface area contributed by atoms with Crippen LogP contribution in [0.4, 0.5) is 5.13 Å². The molecule has 2 aromatic rings. The number of hydrogen-bond donors (Lipinski definition) is 1. The van der Waals surface area contributed by atoms with Gasteiger partial charge in [-0.3, -0.25) is 9.59 Å². The lowest BCUT2D eigenvalue weighted by Gasteiger charge is -2.20. The number of rotatable bonds is 3. The van der Waals surface area contributed by atoms with E-state index in [-0.39, 0.29) is 23.5 Å². The fraction of sp³-hybridized carbons (Fsp3) is 0.450. The van der Waals surface area contributed by atoms with Gasteiger partial charge in [0.2, 0.25) is 5.91 Å². The molecule has 2 aliphatic carbocycles. The first-order chi connectivity index (χ1) is 12.2. The maximum atomic E-state index is 12.5. The molecule has 1 aromatic carbocycles. The second-order valence-corrected chi connectivity index (χ2v) is 8.06. The molecule has 25 heavy (non-hydrogen) atoms. The summed E-state index contributed by atoms with van der Waals surface area (Å²) in [5, 5.41) is 3.55. The minimum Gasteiger partial charge on any atom is -0.302 e. The van der Waals surface area contributed by atoms with Gasteiger partial charge in [-0.15, -0.1) is 0 Å². The van der Waals surface area contributed by atoms with E-state index in [2.05, 4.69) is 22.4 Å². The van der Waals surface area contributed by atoms with Crippen molar-refractivity contribution in [3.63, 3.8) is 0 Å². The molecule has 0 radical (unpaired) electrons. The van der Waals surface area contributed by atoms with Gasteiger partial charge in [0, 0.05) is 12.3 Å². The van der Waals surface area contributed by atoms with Crippen molar-refractivity contribution in [2.24, 2.45) is 5.92 Å². The van der Waals surface area contributed by atoms with Crippen LogP contribution in [0.25, 0.3) is 0 Å². The summed E-state index contributed by atoms with van der Waals surface area (Å²) in [5.74, 6) is 0.497. The lowest BCUT2D eigenvalue weighted by molar-refractivity contribution is -0.120. The summed E-state index contributed by atoms with van der Waals surface area (Å²) in [7, 11) is 0. The Morgan fingerprint density at radius 3 is 2.60 bits per heavy atom. The molecular weight excluding hydrogens is 332 g/mol. The Hall–Kier alpha value is -2.01. The number of Topliss-reactive ketones (excluding diaryl/α,β-unsaturated/α-hetero) is 1. The van der Waals surface area contributed by atoms with Gasteiger partial charge in [-0.25, -0.2) is 4.98 Å². The third kappa shape index (κ3) is 3.52. The number of carbonyl (C=O) groups excluding carboxylic acids is 2. The monoisotopic (exact) mass is 354 g/mol. The Morgan fingerprint density at radius 1 is 1.08 bits per heavy atom. The molecule has 2 aliphatic rings. The molecular formula is C20H22N2O2S. The molecule has 1 saturated carbocycles. The number of anilines is 1. The van der Waals surface area contributed by atoms with Crippen LogP contribution in [0.3, 0.4) is 0 Å². The molecule has 4 nitrogen and oxygen atoms in total. The van der Waals surface area contributed by atoms with Crippen LogP contribution in [-0.2, 0) is 11.2 Å². The Labute approximate surface area is 151 Å².